The zero-order valence-corrected chi connectivity index (χ0v) is 14.8. The fraction of sp³-hybridized carbons (Fsp3) is 0.263. The number of carboxylic acid groups (broad SMARTS) is 1. The third kappa shape index (κ3) is 4.86. The van der Waals surface area contributed by atoms with E-state index in [2.05, 4.69) is 0 Å². The second kappa shape index (κ2) is 8.02. The van der Waals surface area contributed by atoms with Crippen LogP contribution in [0, 0.1) is 20.8 Å². The molecule has 2 aromatic rings. The third-order valence-corrected chi connectivity index (χ3v) is 4.49. The number of hydrogen-bond acceptors (Lipinski definition) is 4. The summed E-state index contributed by atoms with van der Waals surface area (Å²) in [6, 6.07) is 11.4. The summed E-state index contributed by atoms with van der Waals surface area (Å²) < 4.78 is 5.31. The number of aryl methyl sites for hydroxylation is 3. The number of benzene rings is 2. The number of Topliss-reactive ketones (excluding diaryl/α,β-unsaturated/α-hetero) is 1. The number of ketones is 1. The highest BCUT2D eigenvalue weighted by Crippen LogP contribution is 2.30. The summed E-state index contributed by atoms with van der Waals surface area (Å²) in [4.78, 5) is 23.8. The Labute approximate surface area is 145 Å². The van der Waals surface area contributed by atoms with Gasteiger partial charge >= 0.3 is 5.97 Å². The van der Waals surface area contributed by atoms with Gasteiger partial charge < -0.3 is 9.84 Å². The van der Waals surface area contributed by atoms with Crippen LogP contribution in [0.3, 0.4) is 0 Å². The maximum Gasteiger partial charge on any atom is 0.341 e. The standard InChI is InChI=1S/C19H20O4S/c1-12-4-6-15(7-5-12)17(20)11-24-16-8-13(2)19(14(3)9-16)23-10-18(21)22/h4-9H,10-11H2,1-3H3,(H,21,22). The molecule has 4 nitrogen and oxygen atoms in total. The first-order chi connectivity index (χ1) is 11.4. The van der Waals surface area contributed by atoms with E-state index in [-0.39, 0.29) is 12.4 Å². The predicted octanol–water partition coefficient (Wildman–Crippen LogP) is 4.05. The molecule has 0 radical (unpaired) electrons. The molecule has 2 rings (SSSR count). The molecule has 24 heavy (non-hydrogen) atoms. The first-order valence-electron chi connectivity index (χ1n) is 7.55. The number of aliphatic carboxylic acids is 1. The molecule has 0 aliphatic rings. The van der Waals surface area contributed by atoms with Crippen molar-refractivity contribution in [2.75, 3.05) is 12.4 Å². The highest BCUT2D eigenvalue weighted by atomic mass is 32.2. The Hall–Kier alpha value is -2.27. The van der Waals surface area contributed by atoms with E-state index in [1.165, 1.54) is 11.8 Å². The van der Waals surface area contributed by atoms with Crippen molar-refractivity contribution in [3.63, 3.8) is 0 Å². The SMILES string of the molecule is Cc1ccc(C(=O)CSc2cc(C)c(OCC(=O)O)c(C)c2)cc1. The minimum atomic E-state index is -1.00. The molecular formula is C19H20O4S. The number of ether oxygens (including phenoxy) is 1. The van der Waals surface area contributed by atoms with Crippen LogP contribution in [0.4, 0.5) is 0 Å². The van der Waals surface area contributed by atoms with Crippen LogP contribution < -0.4 is 4.74 Å². The summed E-state index contributed by atoms with van der Waals surface area (Å²) in [5.41, 5.74) is 3.56. The molecule has 0 spiro atoms. The van der Waals surface area contributed by atoms with E-state index in [9.17, 15) is 9.59 Å². The van der Waals surface area contributed by atoms with Gasteiger partial charge in [0.15, 0.2) is 12.4 Å². The lowest BCUT2D eigenvalue weighted by Crippen LogP contribution is -2.11. The summed E-state index contributed by atoms with van der Waals surface area (Å²) in [6.45, 7) is 5.37. The number of carbonyl (C=O) groups excluding carboxylic acids is 1. The van der Waals surface area contributed by atoms with Crippen LogP contribution in [0.1, 0.15) is 27.0 Å². The Kier molecular flexibility index (Phi) is 6.04. The average molecular weight is 344 g/mol. The van der Waals surface area contributed by atoms with Gasteiger partial charge in [0, 0.05) is 10.5 Å². The monoisotopic (exact) mass is 344 g/mol. The number of thioether (sulfide) groups is 1. The summed E-state index contributed by atoms with van der Waals surface area (Å²) in [6.07, 6.45) is 0. The van der Waals surface area contributed by atoms with Crippen molar-refractivity contribution >= 4 is 23.5 Å². The molecule has 0 heterocycles. The van der Waals surface area contributed by atoms with E-state index in [1.807, 2.05) is 57.2 Å². The van der Waals surface area contributed by atoms with E-state index < -0.39 is 5.97 Å². The van der Waals surface area contributed by atoms with E-state index in [0.29, 0.717) is 17.1 Å². The highest BCUT2D eigenvalue weighted by molar-refractivity contribution is 8.00. The van der Waals surface area contributed by atoms with E-state index in [1.54, 1.807) is 0 Å². The summed E-state index contributed by atoms with van der Waals surface area (Å²) in [5.74, 6) is 0.0288. The van der Waals surface area contributed by atoms with E-state index in [0.717, 1.165) is 21.6 Å². The molecule has 0 aliphatic heterocycles. The van der Waals surface area contributed by atoms with Gasteiger partial charge in [0.2, 0.25) is 0 Å². The van der Waals surface area contributed by atoms with Gasteiger partial charge in [-0.3, -0.25) is 4.79 Å². The Morgan fingerprint density at radius 1 is 1.04 bits per heavy atom. The van der Waals surface area contributed by atoms with Crippen molar-refractivity contribution in [1.82, 2.24) is 0 Å². The zero-order chi connectivity index (χ0) is 17.7. The molecule has 1 N–H and O–H groups in total. The second-order valence-corrected chi connectivity index (χ2v) is 6.70. The normalized spacial score (nSPS) is 10.5. The van der Waals surface area contributed by atoms with Crippen LogP contribution >= 0.6 is 11.8 Å². The van der Waals surface area contributed by atoms with Gasteiger partial charge in [0.25, 0.3) is 0 Å². The van der Waals surface area contributed by atoms with Gasteiger partial charge in [0.1, 0.15) is 5.75 Å². The topological polar surface area (TPSA) is 63.6 Å². The van der Waals surface area contributed by atoms with Crippen LogP contribution in [0.2, 0.25) is 0 Å². The second-order valence-electron chi connectivity index (χ2n) is 5.65. The van der Waals surface area contributed by atoms with E-state index >= 15 is 0 Å². The third-order valence-electron chi connectivity index (χ3n) is 3.52. The Morgan fingerprint density at radius 2 is 1.62 bits per heavy atom. The van der Waals surface area contributed by atoms with Crippen LogP contribution in [0.15, 0.2) is 41.3 Å². The van der Waals surface area contributed by atoms with Crippen molar-refractivity contribution in [3.8, 4) is 5.75 Å². The predicted molar refractivity (Wildman–Crippen MR) is 95.3 cm³/mol. The summed E-state index contributed by atoms with van der Waals surface area (Å²) >= 11 is 1.47. The molecule has 0 unspecified atom stereocenters. The van der Waals surface area contributed by atoms with Crippen LogP contribution in [-0.4, -0.2) is 29.2 Å². The first kappa shape index (κ1) is 18.1. The first-order valence-corrected chi connectivity index (χ1v) is 8.54. The smallest absolute Gasteiger partial charge is 0.341 e. The molecule has 0 amide bonds. The van der Waals surface area contributed by atoms with Crippen molar-refractivity contribution in [2.24, 2.45) is 0 Å². The molecule has 126 valence electrons. The Bertz CT molecular complexity index is 727. The lowest BCUT2D eigenvalue weighted by Gasteiger charge is -2.12. The molecule has 0 fully saturated rings. The molecule has 5 heteroatoms. The van der Waals surface area contributed by atoms with Gasteiger partial charge in [-0.05, 0) is 44.0 Å². The van der Waals surface area contributed by atoms with E-state index in [4.69, 9.17) is 9.84 Å². The van der Waals surface area contributed by atoms with Crippen LogP contribution in [0.5, 0.6) is 5.75 Å². The summed E-state index contributed by atoms with van der Waals surface area (Å²) in [7, 11) is 0. The van der Waals surface area contributed by atoms with Gasteiger partial charge in [-0.25, -0.2) is 4.79 Å². The minimum Gasteiger partial charge on any atom is -0.481 e. The van der Waals surface area contributed by atoms with Gasteiger partial charge in [0.05, 0.1) is 5.75 Å². The largest absolute Gasteiger partial charge is 0.481 e. The van der Waals surface area contributed by atoms with Crippen LogP contribution in [-0.2, 0) is 4.79 Å². The number of carboxylic acids is 1. The molecule has 0 atom stereocenters. The molecule has 0 saturated carbocycles. The number of carbonyl (C=O) groups is 2. The molecule has 2 aromatic carbocycles. The number of rotatable bonds is 7. The number of hydrogen-bond donors (Lipinski definition) is 1. The molecule has 0 aromatic heterocycles. The lowest BCUT2D eigenvalue weighted by molar-refractivity contribution is -0.139. The molecule has 0 bridgehead atoms. The maximum absolute atomic E-state index is 12.2. The van der Waals surface area contributed by atoms with Crippen LogP contribution in [0.25, 0.3) is 0 Å². The van der Waals surface area contributed by atoms with Crippen molar-refractivity contribution in [1.29, 1.82) is 0 Å². The fourth-order valence-corrected chi connectivity index (χ4v) is 3.31. The van der Waals surface area contributed by atoms with Gasteiger partial charge in [-0.2, -0.15) is 0 Å². The van der Waals surface area contributed by atoms with Crippen molar-refractivity contribution in [3.05, 3.63) is 58.7 Å². The molecular weight excluding hydrogens is 324 g/mol. The maximum atomic E-state index is 12.2. The van der Waals surface area contributed by atoms with Gasteiger partial charge in [-0.15, -0.1) is 11.8 Å². The summed E-state index contributed by atoms with van der Waals surface area (Å²) in [5, 5.41) is 8.72. The highest BCUT2D eigenvalue weighted by Gasteiger charge is 2.11. The van der Waals surface area contributed by atoms with Crippen molar-refractivity contribution < 1.29 is 19.4 Å². The quantitative estimate of drug-likeness (QED) is 0.606. The Morgan fingerprint density at radius 3 is 2.17 bits per heavy atom. The minimum absolute atomic E-state index is 0.0847. The molecule has 0 saturated heterocycles. The van der Waals surface area contributed by atoms with Gasteiger partial charge in [-0.1, -0.05) is 29.8 Å². The lowest BCUT2D eigenvalue weighted by atomic mass is 10.1. The zero-order valence-electron chi connectivity index (χ0n) is 14.0. The fourth-order valence-electron chi connectivity index (χ4n) is 2.33. The Balaban J connectivity index is 2.03. The molecule has 0 aliphatic carbocycles. The average Bonchev–Trinajstić information content (AvgIpc) is 2.52. The van der Waals surface area contributed by atoms with Crippen molar-refractivity contribution in [2.45, 2.75) is 25.7 Å².